The lowest BCUT2D eigenvalue weighted by Crippen LogP contribution is -2.48. The highest BCUT2D eigenvalue weighted by molar-refractivity contribution is 7.08. The van der Waals surface area contributed by atoms with Crippen LogP contribution in [-0.4, -0.2) is 34.0 Å². The van der Waals surface area contributed by atoms with Gasteiger partial charge in [-0.15, -0.1) is 0 Å². The van der Waals surface area contributed by atoms with Crippen LogP contribution in [0.25, 0.3) is 11.4 Å². The molecule has 150 valence electrons. The van der Waals surface area contributed by atoms with Crippen molar-refractivity contribution < 1.29 is 14.1 Å². The Morgan fingerprint density at radius 2 is 2.03 bits per heavy atom. The van der Waals surface area contributed by atoms with E-state index < -0.39 is 6.04 Å². The molecule has 2 amide bonds. The molecule has 29 heavy (non-hydrogen) atoms. The monoisotopic (exact) mass is 410 g/mol. The molecule has 3 aromatic rings. The van der Waals surface area contributed by atoms with Crippen molar-refractivity contribution in [1.82, 2.24) is 20.8 Å². The third-order valence-corrected chi connectivity index (χ3v) is 5.35. The summed E-state index contributed by atoms with van der Waals surface area (Å²) in [6.07, 6.45) is 2.95. The molecule has 0 spiro atoms. The van der Waals surface area contributed by atoms with Crippen LogP contribution in [0.4, 0.5) is 0 Å². The Morgan fingerprint density at radius 1 is 1.21 bits per heavy atom. The lowest BCUT2D eigenvalue weighted by Gasteiger charge is -2.18. The van der Waals surface area contributed by atoms with Crippen molar-refractivity contribution in [1.29, 1.82) is 0 Å². The topological polar surface area (TPSA) is 97.1 Å². The number of aryl methyl sites for hydroxylation is 1. The predicted octanol–water partition coefficient (Wildman–Crippen LogP) is 2.74. The van der Waals surface area contributed by atoms with Crippen LogP contribution in [0.5, 0.6) is 0 Å². The first-order chi connectivity index (χ1) is 14.2. The van der Waals surface area contributed by atoms with Crippen molar-refractivity contribution in [3.8, 4) is 11.4 Å². The summed E-state index contributed by atoms with van der Waals surface area (Å²) in [7, 11) is 0. The summed E-state index contributed by atoms with van der Waals surface area (Å²) in [5, 5.41) is 13.7. The molecular weight excluding hydrogens is 388 g/mol. The van der Waals surface area contributed by atoms with Crippen molar-refractivity contribution in [2.45, 2.75) is 44.2 Å². The molecule has 1 aliphatic carbocycles. The molecule has 1 atom stereocenters. The summed E-state index contributed by atoms with van der Waals surface area (Å²) in [6.45, 7) is 0. The van der Waals surface area contributed by atoms with E-state index in [0.717, 1.165) is 24.0 Å². The van der Waals surface area contributed by atoms with E-state index in [0.29, 0.717) is 24.6 Å². The highest BCUT2D eigenvalue weighted by atomic mass is 32.1. The molecule has 1 saturated carbocycles. The van der Waals surface area contributed by atoms with Gasteiger partial charge in [0.15, 0.2) is 0 Å². The van der Waals surface area contributed by atoms with Gasteiger partial charge >= 0.3 is 0 Å². The number of thiophene rings is 1. The van der Waals surface area contributed by atoms with Gasteiger partial charge in [0, 0.05) is 36.2 Å². The zero-order valence-electron chi connectivity index (χ0n) is 15.8. The average molecular weight is 410 g/mol. The van der Waals surface area contributed by atoms with Crippen LogP contribution < -0.4 is 10.6 Å². The number of hydrogen-bond acceptors (Lipinski definition) is 6. The molecule has 1 aromatic carbocycles. The van der Waals surface area contributed by atoms with Crippen LogP contribution in [0.15, 0.2) is 51.7 Å². The number of rotatable bonds is 9. The van der Waals surface area contributed by atoms with Crippen molar-refractivity contribution in [3.63, 3.8) is 0 Å². The van der Waals surface area contributed by atoms with Gasteiger partial charge in [-0.1, -0.05) is 35.5 Å². The van der Waals surface area contributed by atoms with E-state index in [2.05, 4.69) is 20.8 Å². The lowest BCUT2D eigenvalue weighted by atomic mass is 10.0. The molecule has 1 fully saturated rings. The predicted molar refractivity (Wildman–Crippen MR) is 109 cm³/mol. The number of aromatic nitrogens is 2. The maximum atomic E-state index is 12.6. The zero-order chi connectivity index (χ0) is 20.1. The summed E-state index contributed by atoms with van der Waals surface area (Å²) >= 11 is 1.56. The Balaban J connectivity index is 1.33. The van der Waals surface area contributed by atoms with Gasteiger partial charge in [0.2, 0.25) is 23.5 Å². The number of amides is 2. The largest absolute Gasteiger partial charge is 0.352 e. The molecule has 0 aliphatic heterocycles. The third kappa shape index (κ3) is 5.51. The van der Waals surface area contributed by atoms with Crippen molar-refractivity contribution in [2.24, 2.45) is 0 Å². The maximum Gasteiger partial charge on any atom is 0.243 e. The van der Waals surface area contributed by atoms with Gasteiger partial charge in [-0.05, 0) is 29.9 Å². The molecule has 2 N–H and O–H groups in total. The van der Waals surface area contributed by atoms with Crippen LogP contribution in [0.2, 0.25) is 0 Å². The minimum Gasteiger partial charge on any atom is -0.352 e. The first-order valence-corrected chi connectivity index (χ1v) is 10.6. The minimum atomic E-state index is -0.602. The summed E-state index contributed by atoms with van der Waals surface area (Å²) in [5.41, 5.74) is 1.90. The van der Waals surface area contributed by atoms with E-state index >= 15 is 0 Å². The number of carbonyl (C=O) groups is 2. The van der Waals surface area contributed by atoms with E-state index in [9.17, 15) is 9.59 Å². The number of benzene rings is 1. The fourth-order valence-corrected chi connectivity index (χ4v) is 3.58. The van der Waals surface area contributed by atoms with Crippen LogP contribution in [0.3, 0.4) is 0 Å². The molecule has 0 bridgehead atoms. The number of hydrogen-bond donors (Lipinski definition) is 2. The molecule has 0 radical (unpaired) electrons. The number of carbonyl (C=O) groups excluding carboxylic acids is 2. The van der Waals surface area contributed by atoms with E-state index in [1.165, 1.54) is 0 Å². The highest BCUT2D eigenvalue weighted by Crippen LogP contribution is 2.20. The first-order valence-electron chi connectivity index (χ1n) is 9.66. The third-order valence-electron chi connectivity index (χ3n) is 4.67. The Morgan fingerprint density at radius 3 is 2.76 bits per heavy atom. The summed E-state index contributed by atoms with van der Waals surface area (Å²) < 4.78 is 5.23. The average Bonchev–Trinajstić information content (AvgIpc) is 3.20. The SMILES string of the molecule is O=C(CCc1nc(-c2ccsc2)no1)NC(Cc1ccccc1)C(=O)NC1CC1. The first kappa shape index (κ1) is 19.3. The summed E-state index contributed by atoms with van der Waals surface area (Å²) in [4.78, 5) is 29.4. The quantitative estimate of drug-likeness (QED) is 0.565. The Labute approximate surface area is 172 Å². The smallest absolute Gasteiger partial charge is 0.243 e. The normalized spacial score (nSPS) is 14.3. The van der Waals surface area contributed by atoms with Gasteiger partial charge in [-0.2, -0.15) is 16.3 Å². The second kappa shape index (κ2) is 9.00. The standard InChI is InChI=1S/C21H22N4O3S/c26-18(8-9-19-24-20(25-28-19)15-10-11-29-13-15)23-17(21(27)22-16-6-7-16)12-14-4-2-1-3-5-14/h1-5,10-11,13,16-17H,6-9,12H2,(H,22,27)(H,23,26). The van der Waals surface area contributed by atoms with Crippen LogP contribution in [0.1, 0.15) is 30.7 Å². The second-order valence-corrected chi connectivity index (χ2v) is 7.90. The Bertz CT molecular complexity index is 951. The van der Waals surface area contributed by atoms with Gasteiger partial charge in [0.1, 0.15) is 6.04 Å². The molecule has 2 aromatic heterocycles. The number of nitrogens with one attached hydrogen (secondary N) is 2. The fraction of sp³-hybridized carbons (Fsp3) is 0.333. The summed E-state index contributed by atoms with van der Waals surface area (Å²) in [6, 6.07) is 11.2. The van der Waals surface area contributed by atoms with Gasteiger partial charge < -0.3 is 15.2 Å². The molecule has 2 heterocycles. The minimum absolute atomic E-state index is 0.137. The van der Waals surface area contributed by atoms with Crippen LogP contribution >= 0.6 is 11.3 Å². The van der Waals surface area contributed by atoms with Gasteiger partial charge in [0.05, 0.1) is 0 Å². The molecule has 1 aliphatic rings. The zero-order valence-corrected chi connectivity index (χ0v) is 16.7. The van der Waals surface area contributed by atoms with Crippen molar-refractivity contribution in [2.75, 3.05) is 0 Å². The number of nitrogens with zero attached hydrogens (tertiary/aromatic N) is 2. The second-order valence-electron chi connectivity index (χ2n) is 7.12. The van der Waals surface area contributed by atoms with E-state index in [1.807, 2.05) is 47.2 Å². The molecule has 8 heteroatoms. The van der Waals surface area contributed by atoms with Crippen LogP contribution in [0, 0.1) is 0 Å². The Hall–Kier alpha value is -3.00. The molecular formula is C21H22N4O3S. The van der Waals surface area contributed by atoms with E-state index in [1.54, 1.807) is 11.3 Å². The van der Waals surface area contributed by atoms with Gasteiger partial charge in [0.25, 0.3) is 0 Å². The Kier molecular flexibility index (Phi) is 6.00. The summed E-state index contributed by atoms with van der Waals surface area (Å²) in [5.74, 6) is 0.574. The van der Waals surface area contributed by atoms with E-state index in [4.69, 9.17) is 4.52 Å². The van der Waals surface area contributed by atoms with Crippen molar-refractivity contribution >= 4 is 23.2 Å². The molecule has 1 unspecified atom stereocenters. The fourth-order valence-electron chi connectivity index (χ4n) is 2.94. The molecule has 4 rings (SSSR count). The van der Waals surface area contributed by atoms with Crippen LogP contribution in [-0.2, 0) is 22.4 Å². The molecule has 7 nitrogen and oxygen atoms in total. The van der Waals surface area contributed by atoms with Crippen molar-refractivity contribution in [3.05, 3.63) is 58.6 Å². The molecule has 0 saturated heterocycles. The maximum absolute atomic E-state index is 12.6. The highest BCUT2D eigenvalue weighted by Gasteiger charge is 2.28. The van der Waals surface area contributed by atoms with Gasteiger partial charge in [-0.3, -0.25) is 9.59 Å². The lowest BCUT2D eigenvalue weighted by molar-refractivity contribution is -0.129. The van der Waals surface area contributed by atoms with Gasteiger partial charge in [-0.25, -0.2) is 0 Å². The van der Waals surface area contributed by atoms with E-state index in [-0.39, 0.29) is 24.3 Å².